The number of benzene rings is 1. The topological polar surface area (TPSA) is 26.3 Å². The molecule has 0 bridgehead atoms. The van der Waals surface area contributed by atoms with Gasteiger partial charge in [0.05, 0.1) is 5.56 Å². The van der Waals surface area contributed by atoms with Gasteiger partial charge in [0.2, 0.25) is 0 Å². The monoisotopic (exact) mass is 218 g/mol. The van der Waals surface area contributed by atoms with Crippen molar-refractivity contribution < 1.29 is 9.53 Å². The predicted molar refractivity (Wildman–Crippen MR) is 65.3 cm³/mol. The highest BCUT2D eigenvalue weighted by atomic mass is 16.5. The molecule has 0 N–H and O–H groups in total. The number of carbonyl (C=O) groups is 1. The minimum Gasteiger partial charge on any atom is -0.458 e. The number of ether oxygens (including phenoxy) is 1. The summed E-state index contributed by atoms with van der Waals surface area (Å²) in [6.45, 7) is 6.52. The van der Waals surface area contributed by atoms with Gasteiger partial charge in [-0.25, -0.2) is 4.79 Å². The first-order chi connectivity index (χ1) is 7.65. The van der Waals surface area contributed by atoms with Crippen LogP contribution in [-0.2, 0) is 4.74 Å². The molecule has 0 saturated heterocycles. The average molecular weight is 218 g/mol. The van der Waals surface area contributed by atoms with Crippen LogP contribution < -0.4 is 0 Å². The Morgan fingerprint density at radius 1 is 1.31 bits per heavy atom. The van der Waals surface area contributed by atoms with E-state index in [0.29, 0.717) is 18.1 Å². The van der Waals surface area contributed by atoms with Gasteiger partial charge < -0.3 is 4.74 Å². The highest BCUT2D eigenvalue weighted by Crippen LogP contribution is 2.11. The van der Waals surface area contributed by atoms with Crippen molar-refractivity contribution in [3.05, 3.63) is 47.5 Å². The van der Waals surface area contributed by atoms with Crippen molar-refractivity contribution in [3.8, 4) is 0 Å². The average Bonchev–Trinajstić information content (AvgIpc) is 2.30. The number of allylic oxidation sites excluding steroid dienone is 1. The maximum atomic E-state index is 11.6. The second-order valence-electron chi connectivity index (χ2n) is 3.96. The molecule has 0 aromatic heterocycles. The number of hydrogen-bond acceptors (Lipinski definition) is 2. The lowest BCUT2D eigenvalue weighted by molar-refractivity contribution is 0.0533. The van der Waals surface area contributed by atoms with Crippen LogP contribution in [-0.4, -0.2) is 12.6 Å². The molecule has 0 heterocycles. The van der Waals surface area contributed by atoms with Crippen LogP contribution in [0.1, 0.15) is 31.1 Å². The van der Waals surface area contributed by atoms with E-state index in [0.717, 1.165) is 5.57 Å². The van der Waals surface area contributed by atoms with Crippen LogP contribution in [0.4, 0.5) is 0 Å². The smallest absolute Gasteiger partial charge is 0.338 e. The van der Waals surface area contributed by atoms with Gasteiger partial charge in [-0.2, -0.15) is 0 Å². The number of esters is 1. The normalized spacial score (nSPS) is 11.6. The zero-order valence-corrected chi connectivity index (χ0v) is 10.1. The van der Waals surface area contributed by atoms with E-state index in [1.807, 2.05) is 31.2 Å². The first-order valence-electron chi connectivity index (χ1n) is 5.52. The van der Waals surface area contributed by atoms with Crippen LogP contribution in [0.15, 0.2) is 42.0 Å². The fourth-order valence-corrected chi connectivity index (χ4v) is 1.39. The molecule has 0 radical (unpaired) electrons. The molecule has 86 valence electrons. The third-order valence-corrected chi connectivity index (χ3v) is 2.49. The van der Waals surface area contributed by atoms with Gasteiger partial charge in [-0.3, -0.25) is 0 Å². The van der Waals surface area contributed by atoms with Crippen LogP contribution in [0.5, 0.6) is 0 Å². The van der Waals surface area contributed by atoms with Gasteiger partial charge in [-0.15, -0.1) is 0 Å². The minimum atomic E-state index is -0.263. The summed E-state index contributed by atoms with van der Waals surface area (Å²) < 4.78 is 5.24. The third-order valence-electron chi connectivity index (χ3n) is 2.49. The number of carbonyl (C=O) groups excluding carboxylic acids is 1. The summed E-state index contributed by atoms with van der Waals surface area (Å²) in [5, 5.41) is 0. The van der Waals surface area contributed by atoms with Crippen LogP contribution in [0.25, 0.3) is 0 Å². The fraction of sp³-hybridized carbons (Fsp3) is 0.357. The van der Waals surface area contributed by atoms with E-state index in [2.05, 4.69) is 13.8 Å². The molecule has 0 atom stereocenters. The molecule has 0 aliphatic rings. The highest BCUT2D eigenvalue weighted by molar-refractivity contribution is 5.89. The highest BCUT2D eigenvalue weighted by Gasteiger charge is 2.08. The summed E-state index contributed by atoms with van der Waals surface area (Å²) in [5.41, 5.74) is 1.74. The molecule has 0 spiro atoms. The quantitative estimate of drug-likeness (QED) is 0.571. The van der Waals surface area contributed by atoms with Crippen molar-refractivity contribution in [3.63, 3.8) is 0 Å². The second-order valence-corrected chi connectivity index (χ2v) is 3.96. The predicted octanol–water partition coefficient (Wildman–Crippen LogP) is 3.45. The first-order valence-corrected chi connectivity index (χ1v) is 5.52. The Morgan fingerprint density at radius 2 is 1.94 bits per heavy atom. The molecule has 2 heteroatoms. The van der Waals surface area contributed by atoms with Gasteiger partial charge in [-0.1, -0.05) is 38.1 Å². The molecule has 1 aromatic rings. The van der Waals surface area contributed by atoms with E-state index in [1.54, 1.807) is 12.1 Å². The Balaban J connectivity index is 2.54. The van der Waals surface area contributed by atoms with E-state index in [4.69, 9.17) is 4.74 Å². The van der Waals surface area contributed by atoms with Crippen molar-refractivity contribution in [2.75, 3.05) is 6.61 Å². The van der Waals surface area contributed by atoms with Gasteiger partial charge in [0.1, 0.15) is 6.61 Å². The van der Waals surface area contributed by atoms with Gasteiger partial charge in [0.25, 0.3) is 0 Å². The summed E-state index contributed by atoms with van der Waals surface area (Å²) in [4.78, 5) is 11.6. The Hall–Kier alpha value is -1.57. The van der Waals surface area contributed by atoms with Gasteiger partial charge in [-0.05, 0) is 30.5 Å². The molecule has 1 rings (SSSR count). The minimum absolute atomic E-state index is 0.263. The van der Waals surface area contributed by atoms with Gasteiger partial charge >= 0.3 is 5.97 Å². The number of hydrogen-bond donors (Lipinski definition) is 0. The van der Waals surface area contributed by atoms with Crippen molar-refractivity contribution in [2.45, 2.75) is 20.8 Å². The molecular weight excluding hydrogens is 200 g/mol. The third kappa shape index (κ3) is 3.54. The molecule has 16 heavy (non-hydrogen) atoms. The summed E-state index contributed by atoms with van der Waals surface area (Å²) >= 11 is 0. The lowest BCUT2D eigenvalue weighted by Gasteiger charge is -2.11. The van der Waals surface area contributed by atoms with Crippen molar-refractivity contribution in [1.82, 2.24) is 0 Å². The zero-order valence-electron chi connectivity index (χ0n) is 10.1. The largest absolute Gasteiger partial charge is 0.458 e. The van der Waals surface area contributed by atoms with E-state index in [-0.39, 0.29) is 5.97 Å². The van der Waals surface area contributed by atoms with Crippen molar-refractivity contribution >= 4 is 5.97 Å². The van der Waals surface area contributed by atoms with Crippen LogP contribution in [0.2, 0.25) is 0 Å². The standard InChI is InChI=1S/C14H18O2/c1-4-12(11(2)3)10-16-14(15)13-8-6-5-7-9-13/h4-9,11H,10H2,1-3H3/b12-4-. The Bertz CT molecular complexity index is 364. The van der Waals surface area contributed by atoms with Crippen LogP contribution >= 0.6 is 0 Å². The van der Waals surface area contributed by atoms with Crippen LogP contribution in [0, 0.1) is 5.92 Å². The summed E-state index contributed by atoms with van der Waals surface area (Å²) in [5.74, 6) is 0.147. The molecule has 0 amide bonds. The molecular formula is C14H18O2. The molecule has 0 aliphatic heterocycles. The first kappa shape index (κ1) is 12.5. The van der Waals surface area contributed by atoms with E-state index >= 15 is 0 Å². The lowest BCUT2D eigenvalue weighted by Crippen LogP contribution is -2.10. The Kier molecular flexibility index (Phi) is 4.77. The SMILES string of the molecule is C/C=C(/COC(=O)c1ccccc1)C(C)C. The van der Waals surface area contributed by atoms with Gasteiger partial charge in [0, 0.05) is 0 Å². The van der Waals surface area contributed by atoms with E-state index in [1.165, 1.54) is 0 Å². The van der Waals surface area contributed by atoms with Crippen LogP contribution in [0.3, 0.4) is 0 Å². The Morgan fingerprint density at radius 3 is 2.44 bits per heavy atom. The second kappa shape index (κ2) is 6.11. The maximum Gasteiger partial charge on any atom is 0.338 e. The summed E-state index contributed by atoms with van der Waals surface area (Å²) in [7, 11) is 0. The van der Waals surface area contributed by atoms with Gasteiger partial charge in [0.15, 0.2) is 0 Å². The number of rotatable bonds is 4. The fourth-order valence-electron chi connectivity index (χ4n) is 1.39. The Labute approximate surface area is 96.9 Å². The van der Waals surface area contributed by atoms with E-state index in [9.17, 15) is 4.79 Å². The molecule has 0 unspecified atom stereocenters. The summed E-state index contributed by atoms with van der Waals surface area (Å²) in [6, 6.07) is 9.05. The molecule has 0 saturated carbocycles. The molecule has 1 aromatic carbocycles. The zero-order chi connectivity index (χ0) is 12.0. The molecule has 0 aliphatic carbocycles. The summed E-state index contributed by atoms with van der Waals surface area (Å²) in [6.07, 6.45) is 2.00. The maximum absolute atomic E-state index is 11.6. The molecule has 2 nitrogen and oxygen atoms in total. The van der Waals surface area contributed by atoms with E-state index < -0.39 is 0 Å². The van der Waals surface area contributed by atoms with Crippen molar-refractivity contribution in [2.24, 2.45) is 5.92 Å². The lowest BCUT2D eigenvalue weighted by atomic mass is 10.0. The molecule has 0 fully saturated rings. The van der Waals surface area contributed by atoms with Crippen molar-refractivity contribution in [1.29, 1.82) is 0 Å².